The molecule has 0 aromatic heterocycles. The minimum Gasteiger partial charge on any atom is -0.507 e. The van der Waals surface area contributed by atoms with Gasteiger partial charge >= 0.3 is 0 Å². The van der Waals surface area contributed by atoms with Crippen molar-refractivity contribution < 1.29 is 14.9 Å². The first-order chi connectivity index (χ1) is 6.19. The summed E-state index contributed by atoms with van der Waals surface area (Å²) in [4.78, 5) is 0. The van der Waals surface area contributed by atoms with Crippen molar-refractivity contribution >= 4 is 0 Å². The van der Waals surface area contributed by atoms with Crippen LogP contribution in [0.15, 0.2) is 18.2 Å². The molecule has 13 heavy (non-hydrogen) atoms. The first kappa shape index (κ1) is 9.83. The van der Waals surface area contributed by atoms with E-state index in [1.807, 2.05) is 0 Å². The summed E-state index contributed by atoms with van der Waals surface area (Å²) in [5.74, 6) is 0.604. The van der Waals surface area contributed by atoms with Crippen molar-refractivity contribution in [2.75, 3.05) is 13.7 Å². The molecule has 0 bridgehead atoms. The third-order valence-electron chi connectivity index (χ3n) is 1.83. The Morgan fingerprint density at radius 1 is 1.54 bits per heavy atom. The second-order valence-electron chi connectivity index (χ2n) is 2.71. The molecule has 0 radical (unpaired) electrons. The first-order valence-corrected chi connectivity index (χ1v) is 3.92. The first-order valence-electron chi connectivity index (χ1n) is 3.92. The van der Waals surface area contributed by atoms with Crippen LogP contribution in [-0.2, 0) is 0 Å². The van der Waals surface area contributed by atoms with Crippen LogP contribution in [0.3, 0.4) is 0 Å². The lowest BCUT2D eigenvalue weighted by Crippen LogP contribution is -2.14. The summed E-state index contributed by atoms with van der Waals surface area (Å²) < 4.78 is 4.90. The zero-order chi connectivity index (χ0) is 9.84. The van der Waals surface area contributed by atoms with Crippen LogP contribution in [0.2, 0.25) is 0 Å². The average Bonchev–Trinajstić information content (AvgIpc) is 2.16. The number of ether oxygens (including phenoxy) is 1. The van der Waals surface area contributed by atoms with Crippen molar-refractivity contribution in [3.05, 3.63) is 23.8 Å². The predicted octanol–water partition coefficient (Wildman–Crippen LogP) is 0.393. The maximum atomic E-state index is 9.45. The third-order valence-corrected chi connectivity index (χ3v) is 1.83. The lowest BCUT2D eigenvalue weighted by atomic mass is 10.1. The van der Waals surface area contributed by atoms with Crippen LogP contribution < -0.4 is 10.5 Å². The van der Waals surface area contributed by atoms with E-state index in [1.165, 1.54) is 13.2 Å². The van der Waals surface area contributed by atoms with Gasteiger partial charge in [-0.15, -0.1) is 0 Å². The van der Waals surface area contributed by atoms with Gasteiger partial charge in [0.15, 0.2) is 0 Å². The zero-order valence-corrected chi connectivity index (χ0v) is 7.40. The molecule has 1 aromatic carbocycles. The predicted molar refractivity (Wildman–Crippen MR) is 48.7 cm³/mol. The number of hydrogen-bond donors (Lipinski definition) is 3. The summed E-state index contributed by atoms with van der Waals surface area (Å²) in [6, 6.07) is 4.23. The third kappa shape index (κ3) is 2.11. The van der Waals surface area contributed by atoms with Crippen molar-refractivity contribution in [1.29, 1.82) is 0 Å². The topological polar surface area (TPSA) is 75.7 Å². The van der Waals surface area contributed by atoms with Crippen LogP contribution in [0, 0.1) is 0 Å². The van der Waals surface area contributed by atoms with E-state index in [9.17, 15) is 5.11 Å². The number of phenolic OH excluding ortho intramolecular Hbond substituents is 1. The van der Waals surface area contributed by atoms with Crippen LogP contribution >= 0.6 is 0 Å². The average molecular weight is 183 g/mol. The Morgan fingerprint density at radius 3 is 2.69 bits per heavy atom. The number of benzene rings is 1. The molecule has 0 saturated heterocycles. The highest BCUT2D eigenvalue weighted by Crippen LogP contribution is 2.26. The van der Waals surface area contributed by atoms with Gasteiger partial charge in [-0.05, 0) is 12.1 Å². The Hall–Kier alpha value is -1.26. The SMILES string of the molecule is COc1ccc([C@@H](N)CO)c(O)c1. The molecule has 0 unspecified atom stereocenters. The molecule has 0 aliphatic rings. The number of aromatic hydroxyl groups is 1. The van der Waals surface area contributed by atoms with E-state index in [4.69, 9.17) is 15.6 Å². The normalized spacial score (nSPS) is 12.5. The van der Waals surface area contributed by atoms with E-state index in [0.29, 0.717) is 11.3 Å². The Labute approximate surface area is 76.6 Å². The van der Waals surface area contributed by atoms with E-state index >= 15 is 0 Å². The van der Waals surface area contributed by atoms with E-state index in [2.05, 4.69) is 0 Å². The molecule has 0 spiro atoms. The molecule has 72 valence electrons. The van der Waals surface area contributed by atoms with E-state index in [0.717, 1.165) is 0 Å². The largest absolute Gasteiger partial charge is 0.507 e. The minimum absolute atomic E-state index is 0.0425. The summed E-state index contributed by atoms with van der Waals surface area (Å²) in [5.41, 5.74) is 6.05. The van der Waals surface area contributed by atoms with Crippen LogP contribution in [0.4, 0.5) is 0 Å². The summed E-state index contributed by atoms with van der Waals surface area (Å²) >= 11 is 0. The van der Waals surface area contributed by atoms with Crippen molar-refractivity contribution in [2.24, 2.45) is 5.73 Å². The molecule has 1 aromatic rings. The molecule has 0 heterocycles. The monoisotopic (exact) mass is 183 g/mol. The maximum Gasteiger partial charge on any atom is 0.124 e. The quantitative estimate of drug-likeness (QED) is 0.633. The fraction of sp³-hybridized carbons (Fsp3) is 0.333. The molecule has 0 saturated carbocycles. The fourth-order valence-corrected chi connectivity index (χ4v) is 1.06. The van der Waals surface area contributed by atoms with E-state index < -0.39 is 6.04 Å². The maximum absolute atomic E-state index is 9.45. The van der Waals surface area contributed by atoms with Gasteiger partial charge in [0, 0.05) is 11.6 Å². The van der Waals surface area contributed by atoms with Crippen molar-refractivity contribution in [2.45, 2.75) is 6.04 Å². The Balaban J connectivity index is 2.98. The molecule has 1 atom stereocenters. The molecule has 0 fully saturated rings. The molecular weight excluding hydrogens is 170 g/mol. The second kappa shape index (κ2) is 4.11. The highest BCUT2D eigenvalue weighted by Gasteiger charge is 2.09. The second-order valence-corrected chi connectivity index (χ2v) is 2.71. The molecule has 4 N–H and O–H groups in total. The Morgan fingerprint density at radius 2 is 2.23 bits per heavy atom. The fourth-order valence-electron chi connectivity index (χ4n) is 1.06. The lowest BCUT2D eigenvalue weighted by Gasteiger charge is -2.11. The van der Waals surface area contributed by atoms with Crippen LogP contribution in [0.5, 0.6) is 11.5 Å². The van der Waals surface area contributed by atoms with Gasteiger partial charge in [-0.25, -0.2) is 0 Å². The van der Waals surface area contributed by atoms with Crippen molar-refractivity contribution in [3.63, 3.8) is 0 Å². The van der Waals surface area contributed by atoms with Gasteiger partial charge in [0.1, 0.15) is 11.5 Å². The molecular formula is C9H13NO3. The van der Waals surface area contributed by atoms with Gasteiger partial charge in [0.25, 0.3) is 0 Å². The lowest BCUT2D eigenvalue weighted by molar-refractivity contribution is 0.265. The molecule has 4 heteroatoms. The number of nitrogens with two attached hydrogens (primary N) is 1. The number of phenols is 1. The van der Waals surface area contributed by atoms with Gasteiger partial charge in [0.05, 0.1) is 19.8 Å². The number of aliphatic hydroxyl groups excluding tert-OH is 1. The van der Waals surface area contributed by atoms with Gasteiger partial charge < -0.3 is 20.7 Å². The van der Waals surface area contributed by atoms with Crippen molar-refractivity contribution in [3.8, 4) is 11.5 Å². The number of rotatable bonds is 3. The highest BCUT2D eigenvalue weighted by atomic mass is 16.5. The van der Waals surface area contributed by atoms with Gasteiger partial charge in [-0.3, -0.25) is 0 Å². The van der Waals surface area contributed by atoms with Crippen molar-refractivity contribution in [1.82, 2.24) is 0 Å². The summed E-state index contributed by atoms with van der Waals surface area (Å²) in [5, 5.41) is 18.2. The van der Waals surface area contributed by atoms with Gasteiger partial charge in [-0.2, -0.15) is 0 Å². The number of aliphatic hydroxyl groups is 1. The minimum atomic E-state index is -0.550. The van der Waals surface area contributed by atoms with Crippen LogP contribution in [-0.4, -0.2) is 23.9 Å². The molecule has 0 amide bonds. The molecule has 4 nitrogen and oxygen atoms in total. The summed E-state index contributed by atoms with van der Waals surface area (Å²) in [6.07, 6.45) is 0. The number of methoxy groups -OCH3 is 1. The van der Waals surface area contributed by atoms with Gasteiger partial charge in [-0.1, -0.05) is 0 Å². The van der Waals surface area contributed by atoms with Crippen LogP contribution in [0.1, 0.15) is 11.6 Å². The zero-order valence-electron chi connectivity index (χ0n) is 7.40. The van der Waals surface area contributed by atoms with E-state index in [-0.39, 0.29) is 12.4 Å². The molecule has 0 aliphatic heterocycles. The standard InChI is InChI=1S/C9H13NO3/c1-13-6-2-3-7(8(10)5-11)9(12)4-6/h2-4,8,11-12H,5,10H2,1H3/t8-/m0/s1. The Bertz CT molecular complexity index is 288. The Kier molecular flexibility index (Phi) is 3.11. The highest BCUT2D eigenvalue weighted by molar-refractivity contribution is 5.41. The van der Waals surface area contributed by atoms with Gasteiger partial charge in [0.2, 0.25) is 0 Å². The molecule has 1 rings (SSSR count). The summed E-state index contributed by atoms with van der Waals surface area (Å²) in [6.45, 7) is -0.195. The smallest absolute Gasteiger partial charge is 0.124 e. The van der Waals surface area contributed by atoms with E-state index in [1.54, 1.807) is 12.1 Å². The van der Waals surface area contributed by atoms with Crippen LogP contribution in [0.25, 0.3) is 0 Å². The number of hydrogen-bond acceptors (Lipinski definition) is 4. The summed E-state index contributed by atoms with van der Waals surface area (Å²) in [7, 11) is 1.51. The molecule has 0 aliphatic carbocycles.